The zero-order valence-electron chi connectivity index (χ0n) is 14.8. The SMILES string of the molecule is CC1C(C2CCC(C(=O)OC(C)(C)C)NC2)=Nc2ccnn2C1N. The summed E-state index contributed by atoms with van der Waals surface area (Å²) in [5, 5.41) is 7.57. The first kappa shape index (κ1) is 17.1. The number of ether oxygens (including phenoxy) is 1. The van der Waals surface area contributed by atoms with Gasteiger partial charge in [0.15, 0.2) is 5.82 Å². The molecule has 1 aromatic heterocycles. The minimum atomic E-state index is -0.456. The maximum Gasteiger partial charge on any atom is 0.323 e. The molecule has 0 aromatic carbocycles. The third-order valence-corrected chi connectivity index (χ3v) is 4.68. The lowest BCUT2D eigenvalue weighted by Crippen LogP contribution is -2.50. The minimum Gasteiger partial charge on any atom is -0.459 e. The van der Waals surface area contributed by atoms with Crippen LogP contribution in [0.1, 0.15) is 46.7 Å². The standard InChI is InChI=1S/C17H27N5O2/c1-10-14(21-13-7-8-20-22(13)15(10)18)11-5-6-12(19-9-11)16(23)24-17(2,3)4/h7-8,10-12,15,19H,5-6,9,18H2,1-4H3. The summed E-state index contributed by atoms with van der Waals surface area (Å²) in [4.78, 5) is 17.0. The molecule has 4 unspecified atom stereocenters. The Morgan fingerprint density at radius 2 is 2.17 bits per heavy atom. The van der Waals surface area contributed by atoms with Crippen molar-refractivity contribution in [3.8, 4) is 0 Å². The van der Waals surface area contributed by atoms with Crippen LogP contribution in [0.25, 0.3) is 0 Å². The maximum absolute atomic E-state index is 12.2. The third-order valence-electron chi connectivity index (χ3n) is 4.68. The summed E-state index contributed by atoms with van der Waals surface area (Å²) in [6.07, 6.45) is 3.19. The molecule has 0 aliphatic carbocycles. The molecule has 1 fully saturated rings. The summed E-state index contributed by atoms with van der Waals surface area (Å²) in [6.45, 7) is 8.47. The average Bonchev–Trinajstić information content (AvgIpc) is 2.98. The number of hydrogen-bond donors (Lipinski definition) is 2. The van der Waals surface area contributed by atoms with Gasteiger partial charge in [-0.15, -0.1) is 0 Å². The number of carbonyl (C=O) groups excluding carboxylic acids is 1. The van der Waals surface area contributed by atoms with Gasteiger partial charge >= 0.3 is 5.97 Å². The largest absolute Gasteiger partial charge is 0.459 e. The van der Waals surface area contributed by atoms with Crippen LogP contribution in [0.2, 0.25) is 0 Å². The van der Waals surface area contributed by atoms with Gasteiger partial charge in [0.25, 0.3) is 0 Å². The van der Waals surface area contributed by atoms with Crippen molar-refractivity contribution in [1.29, 1.82) is 0 Å². The minimum absolute atomic E-state index is 0.127. The predicted octanol–water partition coefficient (Wildman–Crippen LogP) is 1.77. The molecule has 3 heterocycles. The van der Waals surface area contributed by atoms with Crippen molar-refractivity contribution >= 4 is 17.5 Å². The fourth-order valence-corrected chi connectivity index (χ4v) is 3.39. The summed E-state index contributed by atoms with van der Waals surface area (Å²) < 4.78 is 7.24. The van der Waals surface area contributed by atoms with Crippen LogP contribution < -0.4 is 11.1 Å². The van der Waals surface area contributed by atoms with Crippen LogP contribution in [0.4, 0.5) is 5.82 Å². The molecule has 0 amide bonds. The fourth-order valence-electron chi connectivity index (χ4n) is 3.39. The third kappa shape index (κ3) is 3.37. The molecule has 7 heteroatoms. The van der Waals surface area contributed by atoms with Gasteiger partial charge < -0.3 is 15.8 Å². The Bertz CT molecular complexity index is 638. The van der Waals surface area contributed by atoms with E-state index in [4.69, 9.17) is 15.5 Å². The highest BCUT2D eigenvalue weighted by atomic mass is 16.6. The van der Waals surface area contributed by atoms with Crippen molar-refractivity contribution in [3.63, 3.8) is 0 Å². The molecule has 3 N–H and O–H groups in total. The highest BCUT2D eigenvalue weighted by Gasteiger charge is 2.36. The highest BCUT2D eigenvalue weighted by molar-refractivity contribution is 5.92. The molecule has 1 saturated heterocycles. The lowest BCUT2D eigenvalue weighted by molar-refractivity contribution is -0.158. The van der Waals surface area contributed by atoms with Gasteiger partial charge in [-0.3, -0.25) is 4.79 Å². The number of aromatic nitrogens is 2. The Kier molecular flexibility index (Phi) is 4.48. The van der Waals surface area contributed by atoms with Crippen LogP contribution in [0.15, 0.2) is 17.3 Å². The molecular weight excluding hydrogens is 306 g/mol. The molecular formula is C17H27N5O2. The zero-order valence-corrected chi connectivity index (χ0v) is 14.8. The maximum atomic E-state index is 12.2. The van der Waals surface area contributed by atoms with Crippen molar-refractivity contribution in [2.24, 2.45) is 22.6 Å². The van der Waals surface area contributed by atoms with E-state index in [0.717, 1.165) is 24.4 Å². The Balaban J connectivity index is 1.66. The van der Waals surface area contributed by atoms with Gasteiger partial charge in [0.1, 0.15) is 17.8 Å². The van der Waals surface area contributed by atoms with Crippen LogP contribution in [-0.2, 0) is 9.53 Å². The smallest absolute Gasteiger partial charge is 0.323 e. The van der Waals surface area contributed by atoms with E-state index in [9.17, 15) is 4.79 Å². The number of nitrogens with one attached hydrogen (secondary N) is 1. The summed E-state index contributed by atoms with van der Waals surface area (Å²) in [6, 6.07) is 1.64. The second kappa shape index (κ2) is 6.29. The van der Waals surface area contributed by atoms with Crippen LogP contribution in [0.5, 0.6) is 0 Å². The first-order valence-electron chi connectivity index (χ1n) is 8.60. The van der Waals surface area contributed by atoms with E-state index in [1.54, 1.807) is 10.9 Å². The topological polar surface area (TPSA) is 94.5 Å². The van der Waals surface area contributed by atoms with E-state index >= 15 is 0 Å². The predicted molar refractivity (Wildman–Crippen MR) is 92.1 cm³/mol. The van der Waals surface area contributed by atoms with Crippen molar-refractivity contribution in [3.05, 3.63) is 12.3 Å². The number of esters is 1. The van der Waals surface area contributed by atoms with E-state index in [-0.39, 0.29) is 30.0 Å². The van der Waals surface area contributed by atoms with Crippen molar-refractivity contribution in [1.82, 2.24) is 15.1 Å². The molecule has 1 aromatic rings. The normalized spacial score (nSPS) is 30.5. The summed E-state index contributed by atoms with van der Waals surface area (Å²) in [5.74, 6) is 1.05. The van der Waals surface area contributed by atoms with Crippen LogP contribution in [0, 0.1) is 11.8 Å². The Morgan fingerprint density at radius 3 is 2.79 bits per heavy atom. The number of piperidine rings is 1. The molecule has 4 atom stereocenters. The van der Waals surface area contributed by atoms with Crippen molar-refractivity contribution in [2.45, 2.75) is 58.3 Å². The van der Waals surface area contributed by atoms with Gasteiger partial charge in [0, 0.05) is 30.2 Å². The van der Waals surface area contributed by atoms with Gasteiger partial charge in [-0.25, -0.2) is 9.67 Å². The Labute approximate surface area is 142 Å². The second-order valence-corrected chi connectivity index (χ2v) is 7.72. The van der Waals surface area contributed by atoms with Gasteiger partial charge in [0.2, 0.25) is 0 Å². The monoisotopic (exact) mass is 333 g/mol. The average molecular weight is 333 g/mol. The van der Waals surface area contributed by atoms with E-state index in [1.807, 2.05) is 26.8 Å². The molecule has 7 nitrogen and oxygen atoms in total. The van der Waals surface area contributed by atoms with Crippen LogP contribution in [0.3, 0.4) is 0 Å². The lowest BCUT2D eigenvalue weighted by atomic mass is 9.83. The number of carbonyl (C=O) groups is 1. The van der Waals surface area contributed by atoms with Crippen LogP contribution in [-0.4, -0.2) is 39.6 Å². The number of nitrogens with zero attached hydrogens (tertiary/aromatic N) is 3. The second-order valence-electron chi connectivity index (χ2n) is 7.72. The zero-order chi connectivity index (χ0) is 17.5. The molecule has 24 heavy (non-hydrogen) atoms. The first-order chi connectivity index (χ1) is 11.3. The molecule has 0 bridgehead atoms. The van der Waals surface area contributed by atoms with Gasteiger partial charge in [-0.05, 0) is 33.6 Å². The molecule has 3 rings (SSSR count). The van der Waals surface area contributed by atoms with Crippen molar-refractivity contribution in [2.75, 3.05) is 6.54 Å². The number of rotatable bonds is 2. The molecule has 2 aliphatic heterocycles. The number of aliphatic imine (C=N–C) groups is 1. The summed E-state index contributed by atoms with van der Waals surface area (Å²) in [5.41, 5.74) is 6.95. The van der Waals surface area contributed by atoms with Crippen LogP contribution >= 0.6 is 0 Å². The Hall–Kier alpha value is -1.73. The van der Waals surface area contributed by atoms with E-state index in [2.05, 4.69) is 17.3 Å². The van der Waals surface area contributed by atoms with Gasteiger partial charge in [-0.1, -0.05) is 6.92 Å². The summed E-state index contributed by atoms with van der Waals surface area (Å²) in [7, 11) is 0. The van der Waals surface area contributed by atoms with E-state index in [0.29, 0.717) is 6.54 Å². The fraction of sp³-hybridized carbons (Fsp3) is 0.706. The van der Waals surface area contributed by atoms with E-state index < -0.39 is 5.60 Å². The number of nitrogens with two attached hydrogens (primary N) is 1. The quantitative estimate of drug-likeness (QED) is 0.804. The number of fused-ring (bicyclic) bond motifs is 1. The van der Waals surface area contributed by atoms with Gasteiger partial charge in [-0.2, -0.15) is 5.10 Å². The van der Waals surface area contributed by atoms with Crippen molar-refractivity contribution < 1.29 is 9.53 Å². The highest BCUT2D eigenvalue weighted by Crippen LogP contribution is 2.32. The number of hydrogen-bond acceptors (Lipinski definition) is 6. The lowest BCUT2D eigenvalue weighted by Gasteiger charge is -2.36. The van der Waals surface area contributed by atoms with E-state index in [1.165, 1.54) is 0 Å². The Morgan fingerprint density at radius 1 is 1.42 bits per heavy atom. The molecule has 2 aliphatic rings. The first-order valence-corrected chi connectivity index (χ1v) is 8.60. The molecule has 132 valence electrons. The molecule has 0 saturated carbocycles. The van der Waals surface area contributed by atoms with Gasteiger partial charge in [0.05, 0.1) is 6.20 Å². The summed E-state index contributed by atoms with van der Waals surface area (Å²) >= 11 is 0. The molecule has 0 radical (unpaired) electrons. The molecule has 0 spiro atoms.